The van der Waals surface area contributed by atoms with E-state index in [4.69, 9.17) is 5.73 Å². The molecular weight excluding hydrogens is 251 g/mol. The predicted octanol–water partition coefficient (Wildman–Crippen LogP) is 1.28. The average molecular weight is 261 g/mol. The molecule has 3 N–H and O–H groups in total. The number of halogens is 2. The maximum atomic E-state index is 12.9. The molecule has 0 radical (unpaired) electrons. The second-order valence-electron chi connectivity index (χ2n) is 2.70. The largest absolute Gasteiger partial charge is 0.351 e. The number of carbonyl (C=O) groups excluding carboxylic acids is 1. The fraction of sp³-hybridized carbons (Fsp3) is 0.222. The van der Waals surface area contributed by atoms with Crippen molar-refractivity contribution in [1.82, 2.24) is 5.32 Å². The van der Waals surface area contributed by atoms with E-state index in [0.717, 1.165) is 0 Å². The summed E-state index contributed by atoms with van der Waals surface area (Å²) in [4.78, 5) is 11.4. The van der Waals surface area contributed by atoms with E-state index in [1.807, 2.05) is 0 Å². The van der Waals surface area contributed by atoms with Gasteiger partial charge in [-0.25, -0.2) is 4.39 Å². The molecule has 0 saturated heterocycles. The Bertz CT molecular complexity index is 323. The van der Waals surface area contributed by atoms with Crippen LogP contribution in [0.1, 0.15) is 10.4 Å². The zero-order chi connectivity index (χ0) is 10.6. The number of hydrogen-bond donors (Lipinski definition) is 2. The second kappa shape index (κ2) is 5.07. The van der Waals surface area contributed by atoms with Crippen molar-refractivity contribution in [2.45, 2.75) is 0 Å². The molecular formula is C9H10BrFN2O. The Balaban J connectivity index is 2.79. The van der Waals surface area contributed by atoms with E-state index < -0.39 is 5.82 Å². The van der Waals surface area contributed by atoms with E-state index in [1.165, 1.54) is 12.1 Å². The lowest BCUT2D eigenvalue weighted by Crippen LogP contribution is -2.29. The maximum Gasteiger partial charge on any atom is 0.251 e. The lowest BCUT2D eigenvalue weighted by Gasteiger charge is -2.03. The number of amides is 1. The Kier molecular flexibility index (Phi) is 4.03. The van der Waals surface area contributed by atoms with Crippen LogP contribution in [0.2, 0.25) is 0 Å². The van der Waals surface area contributed by atoms with Gasteiger partial charge >= 0.3 is 0 Å². The second-order valence-corrected chi connectivity index (χ2v) is 3.62. The predicted molar refractivity (Wildman–Crippen MR) is 55.5 cm³/mol. The standard InChI is InChI=1S/C9H10BrFN2O/c10-7-3-6(4-8(11)5-7)9(14)13-2-1-12/h3-5H,1-2,12H2,(H,13,14). The highest BCUT2D eigenvalue weighted by atomic mass is 79.9. The molecule has 0 aromatic heterocycles. The Hall–Kier alpha value is -0.940. The van der Waals surface area contributed by atoms with Gasteiger partial charge in [-0.05, 0) is 18.2 Å². The van der Waals surface area contributed by atoms with Crippen LogP contribution in [0.4, 0.5) is 4.39 Å². The third kappa shape index (κ3) is 3.08. The van der Waals surface area contributed by atoms with Crippen LogP contribution in [-0.4, -0.2) is 19.0 Å². The molecule has 0 aliphatic rings. The van der Waals surface area contributed by atoms with E-state index in [1.54, 1.807) is 6.07 Å². The van der Waals surface area contributed by atoms with Crippen molar-refractivity contribution in [3.8, 4) is 0 Å². The summed E-state index contributed by atoms with van der Waals surface area (Å²) in [6.45, 7) is 0.745. The Morgan fingerprint density at radius 3 is 2.79 bits per heavy atom. The quantitative estimate of drug-likeness (QED) is 0.861. The zero-order valence-electron chi connectivity index (χ0n) is 7.39. The van der Waals surface area contributed by atoms with Crippen LogP contribution in [0.15, 0.2) is 22.7 Å². The van der Waals surface area contributed by atoms with E-state index in [-0.39, 0.29) is 11.5 Å². The summed E-state index contributed by atoms with van der Waals surface area (Å²) in [7, 11) is 0. The highest BCUT2D eigenvalue weighted by Crippen LogP contribution is 2.14. The summed E-state index contributed by atoms with van der Waals surface area (Å²) in [5.41, 5.74) is 5.50. The molecule has 0 bridgehead atoms. The first-order valence-electron chi connectivity index (χ1n) is 4.08. The van der Waals surface area contributed by atoms with Crippen LogP contribution in [0.5, 0.6) is 0 Å². The minimum atomic E-state index is -0.447. The third-order valence-corrected chi connectivity index (χ3v) is 2.01. The van der Waals surface area contributed by atoms with Gasteiger partial charge in [0, 0.05) is 23.1 Å². The number of benzene rings is 1. The third-order valence-electron chi connectivity index (χ3n) is 1.55. The SMILES string of the molecule is NCCNC(=O)c1cc(F)cc(Br)c1. The first-order chi connectivity index (χ1) is 6.63. The fourth-order valence-corrected chi connectivity index (χ4v) is 1.44. The highest BCUT2D eigenvalue weighted by molar-refractivity contribution is 9.10. The van der Waals surface area contributed by atoms with Gasteiger partial charge < -0.3 is 11.1 Å². The topological polar surface area (TPSA) is 55.1 Å². The van der Waals surface area contributed by atoms with Gasteiger partial charge in [-0.15, -0.1) is 0 Å². The average Bonchev–Trinajstić information content (AvgIpc) is 2.12. The molecule has 0 aliphatic carbocycles. The molecule has 0 aliphatic heterocycles. The normalized spacial score (nSPS) is 9.93. The van der Waals surface area contributed by atoms with Crippen LogP contribution in [0, 0.1) is 5.82 Å². The first-order valence-corrected chi connectivity index (χ1v) is 4.87. The van der Waals surface area contributed by atoms with Crippen LogP contribution in [0.3, 0.4) is 0 Å². The Morgan fingerprint density at radius 2 is 2.21 bits per heavy atom. The minimum absolute atomic E-state index is 0.283. The van der Waals surface area contributed by atoms with Crippen LogP contribution < -0.4 is 11.1 Å². The molecule has 1 aromatic rings. The van der Waals surface area contributed by atoms with Gasteiger partial charge in [-0.3, -0.25) is 4.79 Å². The van der Waals surface area contributed by atoms with Crippen molar-refractivity contribution in [2.24, 2.45) is 5.73 Å². The van der Waals surface area contributed by atoms with E-state index >= 15 is 0 Å². The van der Waals surface area contributed by atoms with Gasteiger partial charge in [-0.2, -0.15) is 0 Å². The van der Waals surface area contributed by atoms with Gasteiger partial charge in [0.2, 0.25) is 0 Å². The fourth-order valence-electron chi connectivity index (χ4n) is 0.973. The Labute approximate surface area is 89.6 Å². The zero-order valence-corrected chi connectivity index (χ0v) is 8.97. The number of hydrogen-bond acceptors (Lipinski definition) is 2. The number of carbonyl (C=O) groups is 1. The molecule has 1 aromatic carbocycles. The minimum Gasteiger partial charge on any atom is -0.351 e. The number of nitrogens with two attached hydrogens (primary N) is 1. The maximum absolute atomic E-state index is 12.9. The van der Waals surface area contributed by atoms with Gasteiger partial charge in [-0.1, -0.05) is 15.9 Å². The molecule has 0 atom stereocenters. The van der Waals surface area contributed by atoms with Crippen molar-refractivity contribution in [1.29, 1.82) is 0 Å². The van der Waals surface area contributed by atoms with Gasteiger partial charge in [0.05, 0.1) is 0 Å². The molecule has 14 heavy (non-hydrogen) atoms. The summed E-state index contributed by atoms with van der Waals surface area (Å²) in [6, 6.07) is 4.02. The van der Waals surface area contributed by atoms with Crippen LogP contribution >= 0.6 is 15.9 Å². The smallest absolute Gasteiger partial charge is 0.251 e. The summed E-state index contributed by atoms with van der Waals surface area (Å²) in [6.07, 6.45) is 0. The molecule has 0 fully saturated rings. The lowest BCUT2D eigenvalue weighted by molar-refractivity contribution is 0.0954. The molecule has 0 spiro atoms. The molecule has 0 saturated carbocycles. The molecule has 1 rings (SSSR count). The molecule has 76 valence electrons. The molecule has 0 heterocycles. The number of rotatable bonds is 3. The summed E-state index contributed by atoms with van der Waals surface area (Å²) < 4.78 is 13.4. The first kappa shape index (κ1) is 11.1. The number of nitrogens with one attached hydrogen (secondary N) is 1. The van der Waals surface area contributed by atoms with Crippen molar-refractivity contribution < 1.29 is 9.18 Å². The van der Waals surface area contributed by atoms with E-state index in [9.17, 15) is 9.18 Å². The molecule has 3 nitrogen and oxygen atoms in total. The van der Waals surface area contributed by atoms with Crippen LogP contribution in [0.25, 0.3) is 0 Å². The molecule has 0 unspecified atom stereocenters. The van der Waals surface area contributed by atoms with E-state index in [2.05, 4.69) is 21.2 Å². The molecule has 1 amide bonds. The summed E-state index contributed by atoms with van der Waals surface area (Å²) in [5.74, 6) is -0.770. The van der Waals surface area contributed by atoms with Gasteiger partial charge in [0.15, 0.2) is 0 Å². The van der Waals surface area contributed by atoms with Crippen molar-refractivity contribution in [3.63, 3.8) is 0 Å². The Morgan fingerprint density at radius 1 is 1.50 bits per heavy atom. The van der Waals surface area contributed by atoms with Crippen LogP contribution in [-0.2, 0) is 0 Å². The molecule has 5 heteroatoms. The van der Waals surface area contributed by atoms with Crippen molar-refractivity contribution in [3.05, 3.63) is 34.1 Å². The monoisotopic (exact) mass is 260 g/mol. The van der Waals surface area contributed by atoms with Crippen molar-refractivity contribution >= 4 is 21.8 Å². The van der Waals surface area contributed by atoms with Gasteiger partial charge in [0.1, 0.15) is 5.82 Å². The highest BCUT2D eigenvalue weighted by Gasteiger charge is 2.06. The lowest BCUT2D eigenvalue weighted by atomic mass is 10.2. The van der Waals surface area contributed by atoms with Crippen molar-refractivity contribution in [2.75, 3.05) is 13.1 Å². The van der Waals surface area contributed by atoms with Gasteiger partial charge in [0.25, 0.3) is 5.91 Å². The summed E-state index contributed by atoms with van der Waals surface area (Å²) >= 11 is 3.10. The van der Waals surface area contributed by atoms with E-state index in [0.29, 0.717) is 17.6 Å². The summed E-state index contributed by atoms with van der Waals surface area (Å²) in [5, 5.41) is 2.55.